The number of aromatic nitrogens is 3. The van der Waals surface area contributed by atoms with E-state index < -0.39 is 5.97 Å². The molecular formula is C14H15Cl2N3O2. The number of carboxylic acids is 1. The van der Waals surface area contributed by atoms with E-state index in [0.29, 0.717) is 34.3 Å². The van der Waals surface area contributed by atoms with Gasteiger partial charge in [0.05, 0.1) is 12.2 Å². The molecule has 0 spiro atoms. The van der Waals surface area contributed by atoms with E-state index in [0.717, 1.165) is 0 Å². The minimum atomic E-state index is -1.08. The van der Waals surface area contributed by atoms with Gasteiger partial charge in [0.1, 0.15) is 0 Å². The number of rotatable bonds is 5. The highest BCUT2D eigenvalue weighted by Gasteiger charge is 2.20. The first-order chi connectivity index (χ1) is 9.90. The van der Waals surface area contributed by atoms with Crippen LogP contribution in [0.2, 0.25) is 10.0 Å². The lowest BCUT2D eigenvalue weighted by Crippen LogP contribution is -2.12. The summed E-state index contributed by atoms with van der Waals surface area (Å²) in [7, 11) is 0. The van der Waals surface area contributed by atoms with Gasteiger partial charge in [-0.1, -0.05) is 48.3 Å². The highest BCUT2D eigenvalue weighted by atomic mass is 35.5. The Morgan fingerprint density at radius 3 is 2.48 bits per heavy atom. The predicted molar refractivity (Wildman–Crippen MR) is 81.1 cm³/mol. The number of carboxylic acid groups (broad SMARTS) is 1. The van der Waals surface area contributed by atoms with Gasteiger partial charge in [-0.2, -0.15) is 0 Å². The minimum absolute atomic E-state index is 0.0214. The van der Waals surface area contributed by atoms with Gasteiger partial charge < -0.3 is 5.11 Å². The lowest BCUT2D eigenvalue weighted by atomic mass is 10.1. The normalized spacial score (nSPS) is 11.1. The van der Waals surface area contributed by atoms with E-state index in [4.69, 9.17) is 23.2 Å². The maximum absolute atomic E-state index is 11.2. The second kappa shape index (κ2) is 6.45. The largest absolute Gasteiger partial charge is 0.476 e. The summed E-state index contributed by atoms with van der Waals surface area (Å²) in [6.45, 7) is 4.30. The van der Waals surface area contributed by atoms with Crippen molar-refractivity contribution in [2.45, 2.75) is 26.8 Å². The van der Waals surface area contributed by atoms with E-state index in [1.807, 2.05) is 13.8 Å². The molecule has 0 bridgehead atoms. The third-order valence-electron chi connectivity index (χ3n) is 3.01. The molecule has 7 heteroatoms. The van der Waals surface area contributed by atoms with Crippen molar-refractivity contribution in [3.8, 4) is 0 Å². The Bertz CT molecular complexity index is 648. The van der Waals surface area contributed by atoms with Gasteiger partial charge in [-0.15, -0.1) is 5.10 Å². The SMILES string of the molecule is CC(C)Cc1c(C(=O)O)nnn1Cc1c(Cl)cccc1Cl. The number of nitrogens with zero attached hydrogens (tertiary/aromatic N) is 3. The molecule has 1 N–H and O–H groups in total. The van der Waals surface area contributed by atoms with Crippen molar-refractivity contribution in [3.05, 3.63) is 45.2 Å². The van der Waals surface area contributed by atoms with Crippen LogP contribution in [-0.4, -0.2) is 26.1 Å². The predicted octanol–water partition coefficient (Wildman–Crippen LogP) is 3.53. The molecule has 0 atom stereocenters. The molecular weight excluding hydrogens is 313 g/mol. The molecule has 112 valence electrons. The van der Waals surface area contributed by atoms with Gasteiger partial charge in [0.15, 0.2) is 5.69 Å². The molecule has 0 saturated carbocycles. The van der Waals surface area contributed by atoms with Crippen LogP contribution in [0.15, 0.2) is 18.2 Å². The molecule has 0 fully saturated rings. The van der Waals surface area contributed by atoms with Crippen molar-refractivity contribution in [1.82, 2.24) is 15.0 Å². The van der Waals surface area contributed by atoms with Gasteiger partial charge in [-0.3, -0.25) is 0 Å². The number of hydrogen-bond donors (Lipinski definition) is 1. The summed E-state index contributed by atoms with van der Waals surface area (Å²) < 4.78 is 1.55. The van der Waals surface area contributed by atoms with Crippen LogP contribution in [0.25, 0.3) is 0 Å². The Morgan fingerprint density at radius 1 is 1.33 bits per heavy atom. The molecule has 2 aromatic rings. The van der Waals surface area contributed by atoms with Crippen LogP contribution < -0.4 is 0 Å². The summed E-state index contributed by atoms with van der Waals surface area (Å²) in [4.78, 5) is 11.2. The summed E-state index contributed by atoms with van der Waals surface area (Å²) >= 11 is 12.3. The number of benzene rings is 1. The molecule has 1 aromatic carbocycles. The van der Waals surface area contributed by atoms with Crippen LogP contribution in [0.3, 0.4) is 0 Å². The lowest BCUT2D eigenvalue weighted by molar-refractivity contribution is 0.0689. The van der Waals surface area contributed by atoms with E-state index in [1.165, 1.54) is 0 Å². The van der Waals surface area contributed by atoms with Gasteiger partial charge in [-0.05, 0) is 24.5 Å². The first-order valence-corrected chi connectivity index (χ1v) is 7.24. The molecule has 0 unspecified atom stereocenters. The van der Waals surface area contributed by atoms with Crippen molar-refractivity contribution in [3.63, 3.8) is 0 Å². The first-order valence-electron chi connectivity index (χ1n) is 6.48. The van der Waals surface area contributed by atoms with Gasteiger partial charge in [0, 0.05) is 15.6 Å². The highest BCUT2D eigenvalue weighted by molar-refractivity contribution is 6.35. The third kappa shape index (κ3) is 3.54. The maximum Gasteiger partial charge on any atom is 0.358 e. The van der Waals surface area contributed by atoms with Gasteiger partial charge in [0.2, 0.25) is 0 Å². The van der Waals surface area contributed by atoms with Gasteiger partial charge in [0.25, 0.3) is 0 Å². The Kier molecular flexibility index (Phi) is 4.85. The number of halogens is 2. The average molecular weight is 328 g/mol. The molecule has 0 saturated heterocycles. The Balaban J connectivity index is 2.42. The molecule has 0 aliphatic rings. The van der Waals surface area contributed by atoms with E-state index in [1.54, 1.807) is 22.9 Å². The molecule has 5 nitrogen and oxygen atoms in total. The molecule has 0 radical (unpaired) electrons. The Morgan fingerprint density at radius 2 is 1.95 bits per heavy atom. The smallest absolute Gasteiger partial charge is 0.358 e. The average Bonchev–Trinajstić information content (AvgIpc) is 2.76. The van der Waals surface area contributed by atoms with Crippen LogP contribution in [0, 0.1) is 5.92 Å². The number of carbonyl (C=O) groups is 1. The van der Waals surface area contributed by atoms with Gasteiger partial charge >= 0.3 is 5.97 Å². The van der Waals surface area contributed by atoms with Crippen molar-refractivity contribution < 1.29 is 9.90 Å². The summed E-state index contributed by atoms with van der Waals surface area (Å²) in [5.74, 6) is -0.802. The highest BCUT2D eigenvalue weighted by Crippen LogP contribution is 2.26. The zero-order chi connectivity index (χ0) is 15.6. The van der Waals surface area contributed by atoms with Crippen molar-refractivity contribution in [2.75, 3.05) is 0 Å². The Hall–Kier alpha value is -1.59. The second-order valence-electron chi connectivity index (χ2n) is 5.15. The quantitative estimate of drug-likeness (QED) is 0.912. The Labute approximate surface area is 132 Å². The lowest BCUT2D eigenvalue weighted by Gasteiger charge is -2.11. The fourth-order valence-electron chi connectivity index (χ4n) is 2.05. The van der Waals surface area contributed by atoms with Crippen LogP contribution >= 0.6 is 23.2 Å². The summed E-state index contributed by atoms with van der Waals surface area (Å²) in [5.41, 5.74) is 1.26. The van der Waals surface area contributed by atoms with E-state index in [-0.39, 0.29) is 11.6 Å². The van der Waals surface area contributed by atoms with Crippen LogP contribution in [-0.2, 0) is 13.0 Å². The van der Waals surface area contributed by atoms with Crippen molar-refractivity contribution >= 4 is 29.2 Å². The standard InChI is InChI=1S/C14H15Cl2N3O2/c1-8(2)6-12-13(14(20)21)17-18-19(12)7-9-10(15)4-3-5-11(9)16/h3-5,8H,6-7H2,1-2H3,(H,20,21). The molecule has 0 aliphatic heterocycles. The molecule has 1 aromatic heterocycles. The number of aromatic carboxylic acids is 1. The molecule has 1 heterocycles. The first kappa shape index (κ1) is 15.8. The van der Waals surface area contributed by atoms with Crippen LogP contribution in [0.5, 0.6) is 0 Å². The molecule has 0 amide bonds. The third-order valence-corrected chi connectivity index (χ3v) is 3.72. The van der Waals surface area contributed by atoms with Crippen LogP contribution in [0.4, 0.5) is 0 Å². The molecule has 0 aliphatic carbocycles. The van der Waals surface area contributed by atoms with E-state index in [9.17, 15) is 9.90 Å². The van der Waals surface area contributed by atoms with Crippen LogP contribution in [0.1, 0.15) is 35.6 Å². The van der Waals surface area contributed by atoms with Crippen molar-refractivity contribution in [2.24, 2.45) is 5.92 Å². The summed E-state index contributed by atoms with van der Waals surface area (Å²) in [6.07, 6.45) is 0.566. The summed E-state index contributed by atoms with van der Waals surface area (Å²) in [6, 6.07) is 5.23. The topological polar surface area (TPSA) is 68.0 Å². The summed E-state index contributed by atoms with van der Waals surface area (Å²) in [5, 5.41) is 17.9. The van der Waals surface area contributed by atoms with E-state index >= 15 is 0 Å². The zero-order valence-electron chi connectivity index (χ0n) is 11.7. The second-order valence-corrected chi connectivity index (χ2v) is 5.96. The number of hydrogen-bond acceptors (Lipinski definition) is 3. The molecule has 21 heavy (non-hydrogen) atoms. The van der Waals surface area contributed by atoms with Gasteiger partial charge in [-0.25, -0.2) is 9.48 Å². The monoisotopic (exact) mass is 327 g/mol. The molecule has 2 rings (SSSR count). The van der Waals surface area contributed by atoms with Crippen molar-refractivity contribution in [1.29, 1.82) is 0 Å². The fourth-order valence-corrected chi connectivity index (χ4v) is 2.56. The fraction of sp³-hybridized carbons (Fsp3) is 0.357. The van der Waals surface area contributed by atoms with E-state index in [2.05, 4.69) is 10.3 Å². The minimum Gasteiger partial charge on any atom is -0.476 e. The zero-order valence-corrected chi connectivity index (χ0v) is 13.2. The maximum atomic E-state index is 11.2.